The predicted molar refractivity (Wildman–Crippen MR) is 506 cm³/mol. The SMILES string of the molecule is CC.CC.CC.CC.CC.CC.CC(CO)N(CCOC1CCCCO1)Cc1ccccc1.CC(O)CN(CCOC1CCCCO1)Cc1ccccc1.CC1CCN(Cc2ccccc2)CC1C.CC1CNCCN1C.CC1CO1.CNC(C)CN(CCOC1CCCCO1)Cc1ccccc1.c1ccc(CNCCOC2CCCCO2)cc1. The van der Waals surface area contributed by atoms with Crippen LogP contribution in [0.1, 0.15) is 243 Å². The molecule has 19 nitrogen and oxygen atoms in total. The molecule has 11 unspecified atom stereocenters. The largest absolute Gasteiger partial charge is 0.395 e. The zero-order valence-electron chi connectivity index (χ0n) is 80.2. The summed E-state index contributed by atoms with van der Waals surface area (Å²) in [5, 5.41) is 29.1. The number of benzene rings is 5. The van der Waals surface area contributed by atoms with Crippen LogP contribution in [0.3, 0.4) is 0 Å². The highest BCUT2D eigenvalue weighted by Gasteiger charge is 2.24. The van der Waals surface area contributed by atoms with Crippen molar-refractivity contribution in [2.24, 2.45) is 11.8 Å². The Morgan fingerprint density at radius 1 is 0.467 bits per heavy atom. The maximum Gasteiger partial charge on any atom is 0.157 e. The summed E-state index contributed by atoms with van der Waals surface area (Å²) in [6.07, 6.45) is 15.1. The van der Waals surface area contributed by atoms with Crippen LogP contribution in [0.5, 0.6) is 0 Å². The maximum atomic E-state index is 9.64. The molecule has 7 fully saturated rings. The monoisotopic (exact) mass is 1680 g/mol. The summed E-state index contributed by atoms with van der Waals surface area (Å²) in [5.74, 6) is 1.75. The average molecular weight is 1680 g/mol. The maximum absolute atomic E-state index is 9.64. The lowest BCUT2D eigenvalue weighted by Gasteiger charge is -2.35. The Kier molecular flexibility index (Phi) is 78.2. The third-order valence-corrected chi connectivity index (χ3v) is 20.6. The molecule has 19 heteroatoms. The first-order valence-corrected chi connectivity index (χ1v) is 47.4. The van der Waals surface area contributed by atoms with E-state index < -0.39 is 0 Å². The Balaban J connectivity index is 0.00000138. The molecule has 5 aromatic rings. The number of piperazine rings is 1. The summed E-state index contributed by atoms with van der Waals surface area (Å²) in [4.78, 5) is 11.9. The highest BCUT2D eigenvalue weighted by atomic mass is 16.7. The third-order valence-electron chi connectivity index (χ3n) is 20.6. The first-order chi connectivity index (χ1) is 58.7. The molecule has 0 aliphatic carbocycles. The summed E-state index contributed by atoms with van der Waals surface area (Å²) in [6, 6.07) is 53.8. The molecule has 11 atom stereocenters. The van der Waals surface area contributed by atoms with E-state index in [4.69, 9.17) is 42.6 Å². The van der Waals surface area contributed by atoms with Crippen molar-refractivity contribution in [1.29, 1.82) is 0 Å². The molecule has 0 spiro atoms. The number of piperidine rings is 1. The second kappa shape index (κ2) is 81.4. The van der Waals surface area contributed by atoms with Gasteiger partial charge in [0.2, 0.25) is 0 Å². The van der Waals surface area contributed by atoms with Crippen LogP contribution in [0.4, 0.5) is 0 Å². The molecule has 7 aliphatic rings. The van der Waals surface area contributed by atoms with E-state index in [2.05, 4.69) is 191 Å². The summed E-state index contributed by atoms with van der Waals surface area (Å²) in [7, 11) is 4.18. The minimum absolute atomic E-state index is 0.00838. The fraction of sp³-hybridized carbons (Fsp3) is 0.703. The van der Waals surface area contributed by atoms with Crippen molar-refractivity contribution in [2.45, 2.75) is 303 Å². The summed E-state index contributed by atoms with van der Waals surface area (Å²) in [6.45, 7) is 62.1. The summed E-state index contributed by atoms with van der Waals surface area (Å²) < 4.78 is 50.1. The van der Waals surface area contributed by atoms with Gasteiger partial charge in [-0.15, -0.1) is 0 Å². The van der Waals surface area contributed by atoms with Gasteiger partial charge in [0.25, 0.3) is 0 Å². The molecule has 5 N–H and O–H groups in total. The Bertz CT molecular complexity index is 2840. The Morgan fingerprint density at radius 2 is 0.842 bits per heavy atom. The molecule has 120 heavy (non-hydrogen) atoms. The Labute approximate surface area is 736 Å². The van der Waals surface area contributed by atoms with Gasteiger partial charge in [0.05, 0.1) is 51.8 Å². The quantitative estimate of drug-likeness (QED) is 0.0198. The number of rotatable bonds is 33. The van der Waals surface area contributed by atoms with Gasteiger partial charge in [0, 0.05) is 143 Å². The first kappa shape index (κ1) is 115. The van der Waals surface area contributed by atoms with E-state index >= 15 is 0 Å². The smallest absolute Gasteiger partial charge is 0.157 e. The summed E-state index contributed by atoms with van der Waals surface area (Å²) >= 11 is 0. The van der Waals surface area contributed by atoms with Crippen LogP contribution in [0.2, 0.25) is 0 Å². The van der Waals surface area contributed by atoms with Gasteiger partial charge in [-0.25, -0.2) is 0 Å². The molecule has 12 rings (SSSR count). The number of likely N-dealkylation sites (N-methyl/N-ethyl adjacent to an activating group) is 2. The van der Waals surface area contributed by atoms with Crippen molar-refractivity contribution >= 4 is 0 Å². The van der Waals surface area contributed by atoms with Gasteiger partial charge in [-0.3, -0.25) is 19.6 Å². The van der Waals surface area contributed by atoms with E-state index in [1.807, 2.05) is 146 Å². The van der Waals surface area contributed by atoms with E-state index in [0.717, 1.165) is 181 Å². The van der Waals surface area contributed by atoms with Crippen LogP contribution in [0.15, 0.2) is 152 Å². The topological polar surface area (TPSA) is 179 Å². The average Bonchev–Trinajstić information content (AvgIpc) is 1.09. The van der Waals surface area contributed by atoms with E-state index in [0.29, 0.717) is 31.9 Å². The van der Waals surface area contributed by atoms with Crippen LogP contribution in [-0.4, -0.2) is 242 Å². The van der Waals surface area contributed by atoms with Crippen molar-refractivity contribution in [3.63, 3.8) is 0 Å². The molecule has 5 aromatic carbocycles. The van der Waals surface area contributed by atoms with Crippen molar-refractivity contribution in [3.8, 4) is 0 Å². The molecule has 0 bridgehead atoms. The Morgan fingerprint density at radius 3 is 1.18 bits per heavy atom. The van der Waals surface area contributed by atoms with E-state index in [-0.39, 0.29) is 43.9 Å². The second-order valence-corrected chi connectivity index (χ2v) is 30.4. The van der Waals surface area contributed by atoms with Gasteiger partial charge in [-0.05, 0) is 178 Å². The number of likely N-dealkylation sites (tertiary alicyclic amines) is 1. The summed E-state index contributed by atoms with van der Waals surface area (Å²) in [5.41, 5.74) is 6.61. The van der Waals surface area contributed by atoms with Gasteiger partial charge in [-0.1, -0.05) is 249 Å². The van der Waals surface area contributed by atoms with Crippen molar-refractivity contribution in [1.82, 2.24) is 40.4 Å². The number of ether oxygens (including phenoxy) is 9. The molecule has 692 valence electrons. The van der Waals surface area contributed by atoms with Gasteiger partial charge in [-0.2, -0.15) is 0 Å². The van der Waals surface area contributed by atoms with E-state index in [1.54, 1.807) is 0 Å². The van der Waals surface area contributed by atoms with Gasteiger partial charge < -0.3 is 73.7 Å². The molecule has 0 radical (unpaired) electrons. The fourth-order valence-electron chi connectivity index (χ4n) is 13.2. The van der Waals surface area contributed by atoms with Crippen molar-refractivity contribution < 1.29 is 52.8 Å². The minimum Gasteiger partial charge on any atom is -0.395 e. The molecular formula is C101H182N8O11. The van der Waals surface area contributed by atoms with Crippen LogP contribution in [0.25, 0.3) is 0 Å². The van der Waals surface area contributed by atoms with Crippen LogP contribution in [0, 0.1) is 11.8 Å². The molecule has 7 saturated heterocycles. The molecule has 7 heterocycles. The second-order valence-electron chi connectivity index (χ2n) is 30.4. The molecule has 0 amide bonds. The first-order valence-electron chi connectivity index (χ1n) is 47.4. The number of nitrogens with zero attached hydrogens (tertiary/aromatic N) is 5. The normalized spacial score (nSPS) is 21.1. The molecule has 0 aromatic heterocycles. The van der Waals surface area contributed by atoms with Crippen LogP contribution in [-0.2, 0) is 75.4 Å². The fourth-order valence-corrected chi connectivity index (χ4v) is 13.2. The zero-order chi connectivity index (χ0) is 88.9. The van der Waals surface area contributed by atoms with Gasteiger partial charge in [0.1, 0.15) is 0 Å². The lowest BCUT2D eigenvalue weighted by Crippen LogP contribution is -2.47. The van der Waals surface area contributed by atoms with E-state index in [9.17, 15) is 10.2 Å². The lowest BCUT2D eigenvalue weighted by molar-refractivity contribution is -0.165. The van der Waals surface area contributed by atoms with E-state index in [1.165, 1.54) is 92.4 Å². The van der Waals surface area contributed by atoms with Crippen molar-refractivity contribution in [3.05, 3.63) is 179 Å². The van der Waals surface area contributed by atoms with Gasteiger partial charge in [0.15, 0.2) is 25.2 Å². The van der Waals surface area contributed by atoms with Crippen LogP contribution < -0.4 is 16.0 Å². The minimum atomic E-state index is -0.334. The highest BCUT2D eigenvalue weighted by Crippen LogP contribution is 2.24. The zero-order valence-corrected chi connectivity index (χ0v) is 80.2. The van der Waals surface area contributed by atoms with Gasteiger partial charge >= 0.3 is 0 Å². The number of epoxide rings is 1. The van der Waals surface area contributed by atoms with Crippen molar-refractivity contribution in [2.75, 3.05) is 152 Å². The number of hydrogen-bond donors (Lipinski definition) is 5. The molecular weight excluding hydrogens is 1500 g/mol. The lowest BCUT2D eigenvalue weighted by atomic mass is 9.88. The predicted octanol–water partition coefficient (Wildman–Crippen LogP) is 19.4. The van der Waals surface area contributed by atoms with Crippen LogP contribution >= 0.6 is 0 Å². The molecule has 0 saturated carbocycles. The third kappa shape index (κ3) is 61.6. The standard InChI is InChI=1S/C18H30N2O2.2C17H27NO3.C14H21NO2.C14H21N.C6H14N2.C3H6O.6C2H6/c1-16(19-2)14-20(15-17-8-4-3-5-9-17)11-13-22-18-10-6-7-12-21-18;1-15(14-19)18(13-16-7-3-2-4-8-16)10-12-21-17-9-5-6-11-20-17;1-15(19)13-18(14-16-7-3-2-4-8-16)10-12-21-17-9-5-6-11-20-17;1-2-6-13(7-3-1)12-15-9-11-17-14-8-4-5-10-16-14;1-12-8-9-15(10-13(12)2)11-14-6-4-3-5-7-14;1-6-5-7-3-4-8(6)2;1-3-2-4-3;6*1-2/h3-5,8-9,16,18-19H,6-7,10-15H2,1-2H3;2*2-4,7-8,15,17,19H,5-6,9-14H2,1H3;1-3,6-7,14-15H,4-5,8-12H2;3-7,12-13H,8-11H2,1-2H3;6-7H,3-5H2,1-2H3;3H,2H2,1H3;6*1-2H3. The number of hydrogen-bond acceptors (Lipinski definition) is 19. The Hall–Kier alpha value is -4.66. The number of aliphatic hydroxyl groups is 2. The molecule has 7 aliphatic heterocycles. The number of nitrogens with one attached hydrogen (secondary N) is 3. The highest BCUT2D eigenvalue weighted by molar-refractivity contribution is 5.18. The number of aliphatic hydroxyl groups excluding tert-OH is 2.